The number of rotatable bonds is 5. The molecule has 0 N–H and O–H groups in total. The lowest BCUT2D eigenvalue weighted by atomic mass is 10.1. The summed E-state index contributed by atoms with van der Waals surface area (Å²) in [5.41, 5.74) is 3.79. The van der Waals surface area contributed by atoms with Crippen LogP contribution in [0.2, 0.25) is 0 Å². The van der Waals surface area contributed by atoms with Gasteiger partial charge in [-0.2, -0.15) is 10.2 Å². The van der Waals surface area contributed by atoms with Gasteiger partial charge in [0.15, 0.2) is 5.65 Å². The molecular weight excluding hydrogens is 383 g/mol. The van der Waals surface area contributed by atoms with Crippen molar-refractivity contribution in [1.29, 1.82) is 0 Å². The first kappa shape index (κ1) is 19.8. The summed E-state index contributed by atoms with van der Waals surface area (Å²) in [7, 11) is 1.76. The second kappa shape index (κ2) is 7.70. The third-order valence-corrected chi connectivity index (χ3v) is 5.11. The molecule has 0 bridgehead atoms. The van der Waals surface area contributed by atoms with Crippen LogP contribution in [0.15, 0.2) is 42.7 Å². The van der Waals surface area contributed by atoms with Gasteiger partial charge in [0.1, 0.15) is 11.5 Å². The van der Waals surface area contributed by atoms with Crippen LogP contribution in [0.4, 0.5) is 4.39 Å². The molecular formula is C22H23FN6O. The van der Waals surface area contributed by atoms with Gasteiger partial charge in [-0.1, -0.05) is 12.1 Å². The Hall–Kier alpha value is -3.55. The number of aromatic nitrogens is 5. The summed E-state index contributed by atoms with van der Waals surface area (Å²) in [5, 5.41) is 9.34. The molecule has 0 saturated carbocycles. The SMILES string of the molecule is CCn1cc(CN(C)C(=O)c2cc(C)nc3c2cnn3-c2ccccc2F)c(C)n1. The van der Waals surface area contributed by atoms with E-state index in [1.54, 1.807) is 42.4 Å². The predicted molar refractivity (Wildman–Crippen MR) is 112 cm³/mol. The van der Waals surface area contributed by atoms with Crippen molar-refractivity contribution in [3.05, 3.63) is 71.1 Å². The first-order chi connectivity index (χ1) is 14.4. The molecule has 8 heteroatoms. The van der Waals surface area contributed by atoms with Crippen molar-refractivity contribution in [2.75, 3.05) is 7.05 Å². The highest BCUT2D eigenvalue weighted by molar-refractivity contribution is 6.05. The molecule has 0 aliphatic heterocycles. The summed E-state index contributed by atoms with van der Waals surface area (Å²) < 4.78 is 17.6. The van der Waals surface area contributed by atoms with E-state index < -0.39 is 5.82 Å². The number of aryl methyl sites for hydroxylation is 3. The van der Waals surface area contributed by atoms with Crippen LogP contribution in [0.25, 0.3) is 16.7 Å². The van der Waals surface area contributed by atoms with E-state index in [2.05, 4.69) is 15.2 Å². The molecule has 0 spiro atoms. The highest BCUT2D eigenvalue weighted by atomic mass is 19.1. The number of fused-ring (bicyclic) bond motifs is 1. The Morgan fingerprint density at radius 2 is 2.00 bits per heavy atom. The molecule has 4 aromatic rings. The number of amides is 1. The lowest BCUT2D eigenvalue weighted by molar-refractivity contribution is 0.0786. The molecule has 3 heterocycles. The van der Waals surface area contributed by atoms with Crippen molar-refractivity contribution in [1.82, 2.24) is 29.4 Å². The first-order valence-corrected chi connectivity index (χ1v) is 9.77. The number of carbonyl (C=O) groups is 1. The molecule has 154 valence electrons. The zero-order chi connectivity index (χ0) is 21.4. The standard InChI is InChI=1S/C22H23FN6O/c1-5-28-13-16(15(3)26-28)12-27(4)22(30)17-10-14(2)25-21-18(17)11-24-29(21)20-9-7-6-8-19(20)23/h6-11,13H,5,12H2,1-4H3. The largest absolute Gasteiger partial charge is 0.337 e. The highest BCUT2D eigenvalue weighted by Crippen LogP contribution is 2.24. The summed E-state index contributed by atoms with van der Waals surface area (Å²) >= 11 is 0. The van der Waals surface area contributed by atoms with Gasteiger partial charge in [0.2, 0.25) is 0 Å². The van der Waals surface area contributed by atoms with Gasteiger partial charge in [-0.25, -0.2) is 14.1 Å². The van der Waals surface area contributed by atoms with E-state index in [0.717, 1.165) is 17.8 Å². The van der Waals surface area contributed by atoms with Crippen LogP contribution in [-0.2, 0) is 13.1 Å². The molecule has 0 aliphatic carbocycles. The Kier molecular flexibility index (Phi) is 5.07. The van der Waals surface area contributed by atoms with Gasteiger partial charge >= 0.3 is 0 Å². The normalized spacial score (nSPS) is 11.2. The van der Waals surface area contributed by atoms with Gasteiger partial charge in [-0.15, -0.1) is 0 Å². The van der Waals surface area contributed by atoms with Gasteiger partial charge in [0.25, 0.3) is 5.91 Å². The Morgan fingerprint density at radius 1 is 1.23 bits per heavy atom. The molecule has 30 heavy (non-hydrogen) atoms. The monoisotopic (exact) mass is 406 g/mol. The maximum Gasteiger partial charge on any atom is 0.254 e. The van der Waals surface area contributed by atoms with Crippen LogP contribution in [0.3, 0.4) is 0 Å². The number of hydrogen-bond donors (Lipinski definition) is 0. The maximum absolute atomic E-state index is 14.3. The molecule has 0 saturated heterocycles. The van der Waals surface area contributed by atoms with Crippen molar-refractivity contribution in [2.24, 2.45) is 0 Å². The van der Waals surface area contributed by atoms with E-state index >= 15 is 0 Å². The molecule has 0 aliphatic rings. The third-order valence-electron chi connectivity index (χ3n) is 5.11. The van der Waals surface area contributed by atoms with Crippen LogP contribution >= 0.6 is 0 Å². The number of hydrogen-bond acceptors (Lipinski definition) is 4. The summed E-state index contributed by atoms with van der Waals surface area (Å²) in [6.45, 7) is 6.99. The van der Waals surface area contributed by atoms with Gasteiger partial charge in [-0.3, -0.25) is 9.48 Å². The van der Waals surface area contributed by atoms with Crippen LogP contribution in [0.5, 0.6) is 0 Å². The summed E-state index contributed by atoms with van der Waals surface area (Å²) in [5.74, 6) is -0.554. The minimum atomic E-state index is -0.404. The van der Waals surface area contributed by atoms with Crippen molar-refractivity contribution in [3.63, 3.8) is 0 Å². The minimum Gasteiger partial charge on any atom is -0.337 e. The lowest BCUT2D eigenvalue weighted by Crippen LogP contribution is -2.26. The van der Waals surface area contributed by atoms with E-state index in [-0.39, 0.29) is 5.91 Å². The zero-order valence-corrected chi connectivity index (χ0v) is 17.4. The van der Waals surface area contributed by atoms with Gasteiger partial charge in [0, 0.05) is 37.6 Å². The Balaban J connectivity index is 1.72. The summed E-state index contributed by atoms with van der Waals surface area (Å²) in [6.07, 6.45) is 3.53. The Bertz CT molecular complexity index is 1240. The number of para-hydroxylation sites is 1. The number of nitrogens with zero attached hydrogens (tertiary/aromatic N) is 6. The average Bonchev–Trinajstić information content (AvgIpc) is 3.30. The van der Waals surface area contributed by atoms with E-state index in [0.29, 0.717) is 34.5 Å². The Morgan fingerprint density at radius 3 is 2.70 bits per heavy atom. The quantitative estimate of drug-likeness (QED) is 0.507. The van der Waals surface area contributed by atoms with Gasteiger partial charge < -0.3 is 4.90 Å². The molecule has 3 aromatic heterocycles. The molecule has 0 unspecified atom stereocenters. The van der Waals surface area contributed by atoms with Crippen LogP contribution in [0, 0.1) is 19.7 Å². The molecule has 1 amide bonds. The molecule has 4 rings (SSSR count). The maximum atomic E-state index is 14.3. The predicted octanol–water partition coefficient (Wildman–Crippen LogP) is 3.67. The van der Waals surface area contributed by atoms with Gasteiger partial charge in [0.05, 0.1) is 22.8 Å². The summed E-state index contributed by atoms with van der Waals surface area (Å²) in [4.78, 5) is 19.4. The third kappa shape index (κ3) is 3.45. The fourth-order valence-corrected chi connectivity index (χ4v) is 3.51. The van der Waals surface area contributed by atoms with E-state index in [1.807, 2.05) is 31.6 Å². The zero-order valence-electron chi connectivity index (χ0n) is 17.4. The second-order valence-corrected chi connectivity index (χ2v) is 7.31. The van der Waals surface area contributed by atoms with Crippen LogP contribution in [-0.4, -0.2) is 42.4 Å². The number of benzene rings is 1. The van der Waals surface area contributed by atoms with Crippen molar-refractivity contribution < 1.29 is 9.18 Å². The molecule has 0 atom stereocenters. The molecule has 7 nitrogen and oxygen atoms in total. The fraction of sp³-hybridized carbons (Fsp3) is 0.273. The topological polar surface area (TPSA) is 68.8 Å². The van der Waals surface area contributed by atoms with E-state index in [4.69, 9.17) is 0 Å². The average molecular weight is 406 g/mol. The Labute approximate surface area is 173 Å². The van der Waals surface area contributed by atoms with E-state index in [1.165, 1.54) is 10.7 Å². The highest BCUT2D eigenvalue weighted by Gasteiger charge is 2.21. The second-order valence-electron chi connectivity index (χ2n) is 7.31. The summed E-state index contributed by atoms with van der Waals surface area (Å²) in [6, 6.07) is 8.11. The van der Waals surface area contributed by atoms with E-state index in [9.17, 15) is 9.18 Å². The van der Waals surface area contributed by atoms with Gasteiger partial charge in [-0.05, 0) is 39.0 Å². The minimum absolute atomic E-state index is 0.151. The molecule has 0 fully saturated rings. The number of pyridine rings is 1. The van der Waals surface area contributed by atoms with Crippen LogP contribution in [0.1, 0.15) is 34.2 Å². The molecule has 1 aromatic carbocycles. The van der Waals surface area contributed by atoms with Crippen molar-refractivity contribution in [3.8, 4) is 5.69 Å². The van der Waals surface area contributed by atoms with Crippen molar-refractivity contribution >= 4 is 16.9 Å². The first-order valence-electron chi connectivity index (χ1n) is 9.77. The fourth-order valence-electron chi connectivity index (χ4n) is 3.51. The smallest absolute Gasteiger partial charge is 0.254 e. The van der Waals surface area contributed by atoms with Crippen LogP contribution < -0.4 is 0 Å². The number of carbonyl (C=O) groups excluding carboxylic acids is 1. The molecule has 0 radical (unpaired) electrons. The van der Waals surface area contributed by atoms with Crippen molar-refractivity contribution in [2.45, 2.75) is 33.9 Å². The lowest BCUT2D eigenvalue weighted by Gasteiger charge is -2.17. The number of halogens is 1.